The Bertz CT molecular complexity index is 296. The standard InChI is InChI=1S/C12H23NO6/c1-5-18-6-7-19-9(2)10(14)13-12(3,8-17-4)11(15)16/h9H,5-8H2,1-4H3,(H,13,14)(H,15,16). The molecule has 0 aliphatic rings. The van der Waals surface area contributed by atoms with Crippen LogP contribution in [0.25, 0.3) is 0 Å². The van der Waals surface area contributed by atoms with Crippen LogP contribution in [-0.2, 0) is 23.8 Å². The highest BCUT2D eigenvalue weighted by Crippen LogP contribution is 2.06. The number of nitrogens with one attached hydrogen (secondary N) is 1. The van der Waals surface area contributed by atoms with E-state index in [2.05, 4.69) is 5.32 Å². The SMILES string of the molecule is CCOCCOC(C)C(=O)NC(C)(COC)C(=O)O. The summed E-state index contributed by atoms with van der Waals surface area (Å²) in [4.78, 5) is 22.9. The minimum Gasteiger partial charge on any atom is -0.479 e. The third-order valence-corrected chi connectivity index (χ3v) is 2.47. The Morgan fingerprint density at radius 2 is 2.00 bits per heavy atom. The quantitative estimate of drug-likeness (QED) is 0.547. The number of ether oxygens (including phenoxy) is 3. The van der Waals surface area contributed by atoms with Crippen molar-refractivity contribution in [3.63, 3.8) is 0 Å². The molecule has 0 aromatic carbocycles. The Balaban J connectivity index is 4.28. The lowest BCUT2D eigenvalue weighted by Crippen LogP contribution is -2.57. The molecular weight excluding hydrogens is 254 g/mol. The summed E-state index contributed by atoms with van der Waals surface area (Å²) in [6, 6.07) is 0. The molecule has 0 bridgehead atoms. The van der Waals surface area contributed by atoms with E-state index in [9.17, 15) is 9.59 Å². The summed E-state index contributed by atoms with van der Waals surface area (Å²) in [5.41, 5.74) is -1.47. The Kier molecular flexibility index (Phi) is 8.29. The minimum atomic E-state index is -1.47. The first-order valence-electron chi connectivity index (χ1n) is 6.11. The second kappa shape index (κ2) is 8.84. The molecule has 112 valence electrons. The van der Waals surface area contributed by atoms with Gasteiger partial charge in [-0.25, -0.2) is 4.79 Å². The fraction of sp³-hybridized carbons (Fsp3) is 0.833. The molecule has 7 heteroatoms. The Hall–Kier alpha value is -1.18. The second-order valence-electron chi connectivity index (χ2n) is 4.27. The van der Waals surface area contributed by atoms with Crippen LogP contribution in [0.2, 0.25) is 0 Å². The van der Waals surface area contributed by atoms with E-state index in [4.69, 9.17) is 19.3 Å². The van der Waals surface area contributed by atoms with Crippen molar-refractivity contribution in [2.45, 2.75) is 32.4 Å². The Morgan fingerprint density at radius 1 is 1.37 bits per heavy atom. The van der Waals surface area contributed by atoms with Crippen LogP contribution in [0, 0.1) is 0 Å². The molecule has 2 unspecified atom stereocenters. The summed E-state index contributed by atoms with van der Waals surface area (Å²) in [5, 5.41) is 11.5. The Labute approximate surface area is 113 Å². The summed E-state index contributed by atoms with van der Waals surface area (Å²) < 4.78 is 15.1. The van der Waals surface area contributed by atoms with Crippen LogP contribution >= 0.6 is 0 Å². The molecule has 7 nitrogen and oxygen atoms in total. The van der Waals surface area contributed by atoms with Crippen LogP contribution < -0.4 is 5.32 Å². The molecule has 0 aliphatic carbocycles. The van der Waals surface area contributed by atoms with Gasteiger partial charge in [0.2, 0.25) is 5.91 Å². The number of carboxylic acids is 1. The number of hydrogen-bond acceptors (Lipinski definition) is 5. The number of aliphatic carboxylic acids is 1. The molecule has 19 heavy (non-hydrogen) atoms. The molecule has 0 spiro atoms. The molecule has 2 atom stereocenters. The maximum Gasteiger partial charge on any atom is 0.331 e. The smallest absolute Gasteiger partial charge is 0.331 e. The molecule has 0 rings (SSSR count). The average molecular weight is 277 g/mol. The lowest BCUT2D eigenvalue weighted by Gasteiger charge is -2.26. The van der Waals surface area contributed by atoms with E-state index >= 15 is 0 Å². The number of amides is 1. The van der Waals surface area contributed by atoms with Crippen LogP contribution in [0.4, 0.5) is 0 Å². The molecule has 0 saturated heterocycles. The zero-order chi connectivity index (χ0) is 14.9. The molecule has 2 N–H and O–H groups in total. The highest BCUT2D eigenvalue weighted by molar-refractivity contribution is 5.88. The van der Waals surface area contributed by atoms with Gasteiger partial charge in [0.1, 0.15) is 6.10 Å². The fourth-order valence-corrected chi connectivity index (χ4v) is 1.32. The largest absolute Gasteiger partial charge is 0.479 e. The number of carboxylic acid groups (broad SMARTS) is 1. The van der Waals surface area contributed by atoms with Crippen molar-refractivity contribution in [3.05, 3.63) is 0 Å². The van der Waals surface area contributed by atoms with Crippen molar-refractivity contribution in [1.82, 2.24) is 5.32 Å². The van der Waals surface area contributed by atoms with Gasteiger partial charge in [0.15, 0.2) is 5.54 Å². The van der Waals surface area contributed by atoms with Gasteiger partial charge in [0.05, 0.1) is 19.8 Å². The summed E-state index contributed by atoms with van der Waals surface area (Å²) >= 11 is 0. The number of hydrogen-bond donors (Lipinski definition) is 2. The van der Waals surface area contributed by atoms with Gasteiger partial charge in [-0.15, -0.1) is 0 Å². The zero-order valence-corrected chi connectivity index (χ0v) is 11.9. The zero-order valence-electron chi connectivity index (χ0n) is 11.9. The maximum absolute atomic E-state index is 11.8. The van der Waals surface area contributed by atoms with Gasteiger partial charge < -0.3 is 24.6 Å². The third kappa shape index (κ3) is 6.51. The van der Waals surface area contributed by atoms with E-state index in [1.165, 1.54) is 14.0 Å². The van der Waals surface area contributed by atoms with Crippen LogP contribution in [0.15, 0.2) is 0 Å². The number of carbonyl (C=O) groups excluding carboxylic acids is 1. The van der Waals surface area contributed by atoms with Gasteiger partial charge in [0.25, 0.3) is 0 Å². The molecule has 0 radical (unpaired) electrons. The van der Waals surface area contributed by atoms with Crippen LogP contribution in [0.3, 0.4) is 0 Å². The van der Waals surface area contributed by atoms with E-state index < -0.39 is 23.5 Å². The lowest BCUT2D eigenvalue weighted by atomic mass is 10.0. The molecule has 0 saturated carbocycles. The van der Waals surface area contributed by atoms with E-state index in [1.807, 2.05) is 6.92 Å². The van der Waals surface area contributed by atoms with Gasteiger partial charge in [-0.1, -0.05) is 0 Å². The lowest BCUT2D eigenvalue weighted by molar-refractivity contribution is -0.151. The predicted octanol–water partition coefficient (Wildman–Crippen LogP) is 0.0339. The van der Waals surface area contributed by atoms with Crippen molar-refractivity contribution in [2.24, 2.45) is 0 Å². The fourth-order valence-electron chi connectivity index (χ4n) is 1.32. The van der Waals surface area contributed by atoms with Crippen LogP contribution in [0.1, 0.15) is 20.8 Å². The van der Waals surface area contributed by atoms with Crippen molar-refractivity contribution in [3.8, 4) is 0 Å². The maximum atomic E-state index is 11.8. The molecule has 0 aromatic heterocycles. The van der Waals surface area contributed by atoms with Crippen molar-refractivity contribution >= 4 is 11.9 Å². The summed E-state index contributed by atoms with van der Waals surface area (Å²) in [6.07, 6.45) is -0.754. The van der Waals surface area contributed by atoms with Gasteiger partial charge in [-0.05, 0) is 20.8 Å². The van der Waals surface area contributed by atoms with E-state index in [0.717, 1.165) is 0 Å². The number of rotatable bonds is 10. The molecule has 0 aliphatic heterocycles. The Morgan fingerprint density at radius 3 is 2.47 bits per heavy atom. The van der Waals surface area contributed by atoms with Crippen molar-refractivity contribution in [2.75, 3.05) is 33.5 Å². The number of methoxy groups -OCH3 is 1. The number of carbonyl (C=O) groups is 2. The van der Waals surface area contributed by atoms with Crippen LogP contribution in [0.5, 0.6) is 0 Å². The van der Waals surface area contributed by atoms with Crippen molar-refractivity contribution in [1.29, 1.82) is 0 Å². The summed E-state index contributed by atoms with van der Waals surface area (Å²) in [5.74, 6) is -1.66. The molecular formula is C12H23NO6. The highest BCUT2D eigenvalue weighted by atomic mass is 16.5. The highest BCUT2D eigenvalue weighted by Gasteiger charge is 2.36. The average Bonchev–Trinajstić information content (AvgIpc) is 2.34. The first kappa shape index (κ1) is 17.8. The first-order valence-corrected chi connectivity index (χ1v) is 6.11. The predicted molar refractivity (Wildman–Crippen MR) is 68.0 cm³/mol. The second-order valence-corrected chi connectivity index (χ2v) is 4.27. The van der Waals surface area contributed by atoms with Gasteiger partial charge >= 0.3 is 5.97 Å². The van der Waals surface area contributed by atoms with Crippen LogP contribution in [-0.4, -0.2) is 62.2 Å². The summed E-state index contributed by atoms with van der Waals surface area (Å²) in [6.45, 7) is 5.91. The van der Waals surface area contributed by atoms with Gasteiger partial charge in [-0.3, -0.25) is 4.79 Å². The topological polar surface area (TPSA) is 94.1 Å². The monoisotopic (exact) mass is 277 g/mol. The minimum absolute atomic E-state index is 0.125. The van der Waals surface area contributed by atoms with E-state index in [1.54, 1.807) is 6.92 Å². The summed E-state index contributed by atoms with van der Waals surface area (Å²) in [7, 11) is 1.37. The van der Waals surface area contributed by atoms with Crippen molar-refractivity contribution < 1.29 is 28.9 Å². The third-order valence-electron chi connectivity index (χ3n) is 2.47. The van der Waals surface area contributed by atoms with Gasteiger partial charge in [-0.2, -0.15) is 0 Å². The first-order chi connectivity index (χ1) is 8.87. The normalized spacial score (nSPS) is 15.6. The molecule has 0 heterocycles. The molecule has 0 aromatic rings. The molecule has 1 amide bonds. The van der Waals surface area contributed by atoms with E-state index in [-0.39, 0.29) is 13.2 Å². The van der Waals surface area contributed by atoms with E-state index in [0.29, 0.717) is 13.2 Å². The molecule has 0 fully saturated rings. The van der Waals surface area contributed by atoms with Gasteiger partial charge in [0, 0.05) is 13.7 Å².